The van der Waals surface area contributed by atoms with Crippen molar-refractivity contribution in [1.82, 2.24) is 0 Å². The Morgan fingerprint density at radius 1 is 0.818 bits per heavy atom. The van der Waals surface area contributed by atoms with Gasteiger partial charge in [0.2, 0.25) is 0 Å². The lowest BCUT2D eigenvalue weighted by Gasteiger charge is -2.43. The third-order valence-electron chi connectivity index (χ3n) is 8.75. The Morgan fingerprint density at radius 3 is 2.03 bits per heavy atom. The van der Waals surface area contributed by atoms with Crippen molar-refractivity contribution in [3.63, 3.8) is 0 Å². The second kappa shape index (κ2) is 10.7. The maximum atomic E-state index is 14.5. The molecule has 0 spiro atoms. The average Bonchev–Trinajstić information content (AvgIpc) is 2.86. The normalized spacial score (nSPS) is 28.1. The van der Waals surface area contributed by atoms with E-state index in [2.05, 4.69) is 19.1 Å². The highest BCUT2D eigenvalue weighted by atomic mass is 19.2. The number of ether oxygens (including phenoxy) is 1. The van der Waals surface area contributed by atoms with Crippen LogP contribution in [-0.4, -0.2) is 12.7 Å². The van der Waals surface area contributed by atoms with Crippen LogP contribution in [0.3, 0.4) is 0 Å². The molecule has 0 aromatic heterocycles. The van der Waals surface area contributed by atoms with Crippen molar-refractivity contribution >= 4 is 0 Å². The molecule has 2 aromatic rings. The second-order valence-corrected chi connectivity index (χ2v) is 10.5. The number of aryl methyl sites for hydroxylation is 1. The summed E-state index contributed by atoms with van der Waals surface area (Å²) in [7, 11) is 1.90. The van der Waals surface area contributed by atoms with Crippen molar-refractivity contribution in [2.24, 2.45) is 11.8 Å². The van der Waals surface area contributed by atoms with Crippen molar-refractivity contribution in [1.29, 1.82) is 0 Å². The first-order chi connectivity index (χ1) is 16.0. The molecule has 0 atom stereocenters. The molecular formula is C30H40F2O. The van der Waals surface area contributed by atoms with Crippen molar-refractivity contribution in [3.8, 4) is 11.1 Å². The van der Waals surface area contributed by atoms with E-state index < -0.39 is 11.6 Å². The molecule has 4 rings (SSSR count). The molecule has 0 saturated heterocycles. The molecule has 3 heteroatoms. The minimum Gasteiger partial charge on any atom is -0.378 e. The summed E-state index contributed by atoms with van der Waals surface area (Å²) in [6.45, 7) is 4.10. The second-order valence-electron chi connectivity index (χ2n) is 10.5. The van der Waals surface area contributed by atoms with E-state index in [1.807, 2.05) is 26.2 Å². The molecule has 0 aliphatic heterocycles. The first-order valence-corrected chi connectivity index (χ1v) is 13.1. The molecule has 0 bridgehead atoms. The van der Waals surface area contributed by atoms with E-state index in [9.17, 15) is 8.78 Å². The maximum Gasteiger partial charge on any atom is 0.166 e. The molecule has 0 N–H and O–H groups in total. The zero-order valence-corrected chi connectivity index (χ0v) is 20.6. The van der Waals surface area contributed by atoms with E-state index in [1.165, 1.54) is 69.8 Å². The zero-order chi connectivity index (χ0) is 23.4. The molecule has 0 unspecified atom stereocenters. The monoisotopic (exact) mass is 454 g/mol. The number of hydrogen-bond acceptors (Lipinski definition) is 1. The topological polar surface area (TPSA) is 9.23 Å². The van der Waals surface area contributed by atoms with Crippen LogP contribution in [0.4, 0.5) is 8.78 Å². The summed E-state index contributed by atoms with van der Waals surface area (Å²) in [5.74, 6) is 0.855. The van der Waals surface area contributed by atoms with E-state index in [1.54, 1.807) is 12.1 Å². The Bertz CT molecular complexity index is 904. The Balaban J connectivity index is 1.34. The van der Waals surface area contributed by atoms with Gasteiger partial charge in [-0.1, -0.05) is 56.7 Å². The third-order valence-corrected chi connectivity index (χ3v) is 8.75. The number of rotatable bonds is 7. The van der Waals surface area contributed by atoms with Gasteiger partial charge in [0.1, 0.15) is 0 Å². The quantitative estimate of drug-likeness (QED) is 0.406. The molecule has 33 heavy (non-hydrogen) atoms. The Hall–Kier alpha value is -1.74. The molecular weight excluding hydrogens is 414 g/mol. The summed E-state index contributed by atoms with van der Waals surface area (Å²) in [4.78, 5) is 0. The van der Waals surface area contributed by atoms with Crippen molar-refractivity contribution in [2.45, 2.75) is 96.0 Å². The molecule has 0 radical (unpaired) electrons. The summed E-state index contributed by atoms with van der Waals surface area (Å²) >= 11 is 0. The number of halogens is 2. The SMILES string of the molecule is CCCC1(OC)CCC(C2CCC(c3ccc(-c4ccc(CC)c(F)c4F)cc3)CC2)CC1. The molecule has 180 valence electrons. The lowest BCUT2D eigenvalue weighted by molar-refractivity contribution is -0.0624. The minimum absolute atomic E-state index is 0.142. The molecule has 0 amide bonds. The van der Waals surface area contributed by atoms with E-state index in [4.69, 9.17) is 4.74 Å². The van der Waals surface area contributed by atoms with Gasteiger partial charge in [0, 0.05) is 12.7 Å². The van der Waals surface area contributed by atoms with Crippen LogP contribution >= 0.6 is 0 Å². The van der Waals surface area contributed by atoms with Crippen LogP contribution < -0.4 is 0 Å². The fraction of sp³-hybridized carbons (Fsp3) is 0.600. The summed E-state index contributed by atoms with van der Waals surface area (Å²) < 4.78 is 34.7. The van der Waals surface area contributed by atoms with Crippen LogP contribution in [0.2, 0.25) is 0 Å². The van der Waals surface area contributed by atoms with Gasteiger partial charge in [-0.25, -0.2) is 8.78 Å². The Kier molecular flexibility index (Phi) is 7.89. The lowest BCUT2D eigenvalue weighted by Crippen LogP contribution is -2.38. The fourth-order valence-electron chi connectivity index (χ4n) is 6.59. The van der Waals surface area contributed by atoms with Crippen LogP contribution in [-0.2, 0) is 11.2 Å². The standard InChI is InChI=1S/C30H40F2O/c1-4-18-30(33-3)19-16-25(17-20-30)24-8-6-22(7-9-24)23-10-12-26(13-11-23)27-15-14-21(5-2)28(31)29(27)32/h10-15,22,24-25H,4-9,16-20H2,1-3H3. The first-order valence-electron chi connectivity index (χ1n) is 13.1. The first kappa shape index (κ1) is 24.4. The molecule has 2 aromatic carbocycles. The minimum atomic E-state index is -0.730. The van der Waals surface area contributed by atoms with Crippen molar-refractivity contribution in [3.05, 3.63) is 59.2 Å². The Labute approximate surface area is 198 Å². The van der Waals surface area contributed by atoms with Crippen LogP contribution in [0.5, 0.6) is 0 Å². The predicted molar refractivity (Wildman–Crippen MR) is 132 cm³/mol. The Morgan fingerprint density at radius 2 is 1.45 bits per heavy atom. The average molecular weight is 455 g/mol. The lowest BCUT2D eigenvalue weighted by atomic mass is 9.66. The zero-order valence-electron chi connectivity index (χ0n) is 20.6. The van der Waals surface area contributed by atoms with Crippen LogP contribution in [0.15, 0.2) is 36.4 Å². The van der Waals surface area contributed by atoms with Gasteiger partial charge in [0.25, 0.3) is 0 Å². The fourth-order valence-corrected chi connectivity index (χ4v) is 6.59. The molecule has 2 fully saturated rings. The van der Waals surface area contributed by atoms with Crippen molar-refractivity contribution in [2.75, 3.05) is 7.11 Å². The molecule has 2 saturated carbocycles. The van der Waals surface area contributed by atoms with E-state index in [-0.39, 0.29) is 5.60 Å². The van der Waals surface area contributed by atoms with Gasteiger partial charge in [0.15, 0.2) is 11.6 Å². The van der Waals surface area contributed by atoms with Crippen LogP contribution in [0, 0.1) is 23.5 Å². The van der Waals surface area contributed by atoms with E-state index >= 15 is 0 Å². The van der Waals surface area contributed by atoms with Crippen LogP contribution in [0.1, 0.15) is 95.1 Å². The number of methoxy groups -OCH3 is 1. The maximum absolute atomic E-state index is 14.5. The largest absolute Gasteiger partial charge is 0.378 e. The molecule has 1 nitrogen and oxygen atoms in total. The summed E-state index contributed by atoms with van der Waals surface area (Å²) in [6.07, 6.45) is 13.1. The van der Waals surface area contributed by atoms with Gasteiger partial charge in [-0.05, 0) is 98.7 Å². The van der Waals surface area contributed by atoms with E-state index in [0.717, 1.165) is 17.4 Å². The highest BCUT2D eigenvalue weighted by Crippen LogP contribution is 2.46. The van der Waals surface area contributed by atoms with Gasteiger partial charge in [-0.2, -0.15) is 0 Å². The number of benzene rings is 2. The van der Waals surface area contributed by atoms with Gasteiger partial charge in [-0.3, -0.25) is 0 Å². The van der Waals surface area contributed by atoms with Crippen LogP contribution in [0.25, 0.3) is 11.1 Å². The summed E-state index contributed by atoms with van der Waals surface area (Å²) in [6, 6.07) is 11.6. The summed E-state index contributed by atoms with van der Waals surface area (Å²) in [5.41, 5.74) is 3.02. The number of hydrogen-bond donors (Lipinski definition) is 0. The highest BCUT2D eigenvalue weighted by Gasteiger charge is 2.38. The van der Waals surface area contributed by atoms with E-state index in [0.29, 0.717) is 23.5 Å². The van der Waals surface area contributed by atoms with Crippen molar-refractivity contribution < 1.29 is 13.5 Å². The van der Waals surface area contributed by atoms with Gasteiger partial charge >= 0.3 is 0 Å². The van der Waals surface area contributed by atoms with Gasteiger partial charge in [-0.15, -0.1) is 0 Å². The smallest absolute Gasteiger partial charge is 0.166 e. The predicted octanol–water partition coefficient (Wildman–Crippen LogP) is 8.84. The molecule has 2 aliphatic rings. The third kappa shape index (κ3) is 5.19. The highest BCUT2D eigenvalue weighted by molar-refractivity contribution is 5.65. The van der Waals surface area contributed by atoms with Gasteiger partial charge < -0.3 is 4.74 Å². The molecule has 2 aliphatic carbocycles. The summed E-state index contributed by atoms with van der Waals surface area (Å²) in [5, 5.41) is 0. The van der Waals surface area contributed by atoms with Gasteiger partial charge in [0.05, 0.1) is 5.60 Å². The molecule has 0 heterocycles.